The Hall–Kier alpha value is -3.52. The second-order valence-corrected chi connectivity index (χ2v) is 5.30. The van der Waals surface area contributed by atoms with E-state index in [4.69, 9.17) is 14.7 Å². The average molecular weight is 332 g/mol. The van der Waals surface area contributed by atoms with E-state index in [9.17, 15) is 4.79 Å². The molecule has 0 aliphatic carbocycles. The molecule has 0 saturated carbocycles. The summed E-state index contributed by atoms with van der Waals surface area (Å²) in [5.41, 5.74) is 2.36. The van der Waals surface area contributed by atoms with E-state index < -0.39 is 0 Å². The molecular weight excluding hydrogens is 316 g/mol. The molecule has 0 unspecified atom stereocenters. The van der Waals surface area contributed by atoms with Crippen LogP contribution in [0.25, 0.3) is 17.0 Å². The van der Waals surface area contributed by atoms with E-state index in [1.165, 1.54) is 13.2 Å². The van der Waals surface area contributed by atoms with Crippen molar-refractivity contribution in [3.05, 3.63) is 65.9 Å². The molecule has 3 rings (SSSR count). The highest BCUT2D eigenvalue weighted by atomic mass is 16.5. The maximum atomic E-state index is 12.5. The number of hydrogen-bond acceptors (Lipinski definition) is 4. The van der Waals surface area contributed by atoms with Crippen LogP contribution in [0.2, 0.25) is 0 Å². The van der Waals surface area contributed by atoms with Crippen LogP contribution < -0.4 is 9.47 Å². The predicted molar refractivity (Wildman–Crippen MR) is 95.8 cm³/mol. The Kier molecular flexibility index (Phi) is 4.82. The molecule has 1 aromatic heterocycles. The van der Waals surface area contributed by atoms with Crippen LogP contribution in [0.15, 0.2) is 54.7 Å². The van der Waals surface area contributed by atoms with Gasteiger partial charge in [0.1, 0.15) is 6.07 Å². The number of rotatable bonds is 6. The summed E-state index contributed by atoms with van der Waals surface area (Å²) in [6.07, 6.45) is 4.97. The van der Waals surface area contributed by atoms with Gasteiger partial charge in [0.05, 0.1) is 7.11 Å². The van der Waals surface area contributed by atoms with Gasteiger partial charge >= 0.3 is 0 Å². The molecule has 0 aliphatic rings. The van der Waals surface area contributed by atoms with Crippen molar-refractivity contribution in [3.63, 3.8) is 0 Å². The van der Waals surface area contributed by atoms with Gasteiger partial charge in [0.25, 0.3) is 0 Å². The Labute approximate surface area is 145 Å². The summed E-state index contributed by atoms with van der Waals surface area (Å²) >= 11 is 0. The van der Waals surface area contributed by atoms with Crippen molar-refractivity contribution in [2.75, 3.05) is 13.7 Å². The van der Waals surface area contributed by atoms with Crippen LogP contribution in [0.3, 0.4) is 0 Å². The van der Waals surface area contributed by atoms with Crippen LogP contribution >= 0.6 is 0 Å². The molecule has 0 spiro atoms. The summed E-state index contributed by atoms with van der Waals surface area (Å²) in [5, 5.41) is 9.49. The lowest BCUT2D eigenvalue weighted by Gasteiger charge is -2.08. The largest absolute Gasteiger partial charge is 0.493 e. The van der Waals surface area contributed by atoms with Crippen LogP contribution in [0.5, 0.6) is 11.5 Å². The summed E-state index contributed by atoms with van der Waals surface area (Å²) in [6.45, 7) is -0.0510. The van der Waals surface area contributed by atoms with Crippen LogP contribution in [0.4, 0.5) is 0 Å². The van der Waals surface area contributed by atoms with Gasteiger partial charge in [-0.25, -0.2) is 0 Å². The third-order valence-corrected chi connectivity index (χ3v) is 3.76. The Bertz CT molecular complexity index is 980. The normalized spacial score (nSPS) is 10.7. The molecule has 5 nitrogen and oxygen atoms in total. The minimum atomic E-state index is -0.0822. The van der Waals surface area contributed by atoms with E-state index in [2.05, 4.69) is 4.98 Å². The molecule has 1 N–H and O–H groups in total. The molecule has 0 radical (unpaired) electrons. The summed E-state index contributed by atoms with van der Waals surface area (Å²) in [7, 11) is 1.53. The maximum absolute atomic E-state index is 12.5. The molecule has 1 heterocycles. The number of hydrogen-bond donors (Lipinski definition) is 1. The van der Waals surface area contributed by atoms with Crippen LogP contribution in [0.1, 0.15) is 15.9 Å². The molecular formula is C20H16N2O3. The van der Waals surface area contributed by atoms with Gasteiger partial charge in [-0.05, 0) is 29.8 Å². The number of nitrogens with zero attached hydrogens (tertiary/aromatic N) is 1. The van der Waals surface area contributed by atoms with Gasteiger partial charge < -0.3 is 14.5 Å². The number of nitriles is 1. The minimum Gasteiger partial charge on any atom is -0.493 e. The number of aromatic amines is 1. The fourth-order valence-corrected chi connectivity index (χ4v) is 2.55. The number of allylic oxidation sites excluding steroid dienone is 1. The number of methoxy groups -OCH3 is 1. The van der Waals surface area contributed by atoms with Crippen molar-refractivity contribution in [2.45, 2.75) is 0 Å². The minimum absolute atomic E-state index is 0.0510. The first-order valence-corrected chi connectivity index (χ1v) is 7.69. The standard InChI is InChI=1S/C20H16N2O3/c1-24-20-12-14(7-9-19(20)25-11-10-21)6-8-18(23)16-13-22-17-5-3-2-4-15(16)17/h2-9,12-13,22H,11H2,1H3/b8-6+. The molecule has 0 fully saturated rings. The predicted octanol–water partition coefficient (Wildman–Crippen LogP) is 3.97. The second-order valence-electron chi connectivity index (χ2n) is 5.30. The van der Waals surface area contributed by atoms with Crippen LogP contribution in [-0.4, -0.2) is 24.5 Å². The Morgan fingerprint density at radius 1 is 1.24 bits per heavy atom. The van der Waals surface area contributed by atoms with Gasteiger partial charge in [-0.2, -0.15) is 5.26 Å². The number of benzene rings is 2. The smallest absolute Gasteiger partial charge is 0.187 e. The van der Waals surface area contributed by atoms with Crippen molar-refractivity contribution < 1.29 is 14.3 Å². The van der Waals surface area contributed by atoms with E-state index >= 15 is 0 Å². The number of carbonyl (C=O) groups excluding carboxylic acids is 1. The first-order valence-electron chi connectivity index (χ1n) is 7.69. The third kappa shape index (κ3) is 3.54. The molecule has 0 amide bonds. The summed E-state index contributed by atoms with van der Waals surface area (Å²) < 4.78 is 10.5. The molecule has 25 heavy (non-hydrogen) atoms. The van der Waals surface area contributed by atoms with Crippen molar-refractivity contribution in [1.29, 1.82) is 5.26 Å². The lowest BCUT2D eigenvalue weighted by Crippen LogP contribution is -1.97. The average Bonchev–Trinajstić information content (AvgIpc) is 3.09. The van der Waals surface area contributed by atoms with Crippen molar-refractivity contribution in [3.8, 4) is 17.6 Å². The molecule has 124 valence electrons. The highest BCUT2D eigenvalue weighted by Crippen LogP contribution is 2.28. The monoisotopic (exact) mass is 332 g/mol. The van der Waals surface area contributed by atoms with Crippen molar-refractivity contribution >= 4 is 22.8 Å². The fourth-order valence-electron chi connectivity index (χ4n) is 2.55. The fraction of sp³-hybridized carbons (Fsp3) is 0.100. The highest BCUT2D eigenvalue weighted by molar-refractivity contribution is 6.14. The molecule has 5 heteroatoms. The SMILES string of the molecule is COc1cc(/C=C/C(=O)c2c[nH]c3ccccc23)ccc1OCC#N. The number of para-hydroxylation sites is 1. The van der Waals surface area contributed by atoms with E-state index in [0.717, 1.165) is 16.5 Å². The number of nitrogens with one attached hydrogen (secondary N) is 1. The zero-order valence-corrected chi connectivity index (χ0v) is 13.7. The molecule has 3 aromatic rings. The highest BCUT2D eigenvalue weighted by Gasteiger charge is 2.09. The molecule has 2 aromatic carbocycles. The summed E-state index contributed by atoms with van der Waals surface area (Å²) in [5.74, 6) is 0.919. The van der Waals surface area contributed by atoms with Crippen LogP contribution in [0, 0.1) is 11.3 Å². The Morgan fingerprint density at radius 3 is 2.88 bits per heavy atom. The Balaban J connectivity index is 1.81. The molecule has 0 aliphatic heterocycles. The maximum Gasteiger partial charge on any atom is 0.187 e. The summed E-state index contributed by atoms with van der Waals surface area (Å²) in [4.78, 5) is 15.6. The van der Waals surface area contributed by atoms with E-state index in [-0.39, 0.29) is 12.4 Å². The van der Waals surface area contributed by atoms with Gasteiger partial charge in [-0.3, -0.25) is 4.79 Å². The number of ether oxygens (including phenoxy) is 2. The van der Waals surface area contributed by atoms with E-state index in [1.807, 2.05) is 30.3 Å². The number of aromatic nitrogens is 1. The Morgan fingerprint density at radius 2 is 2.08 bits per heavy atom. The zero-order chi connectivity index (χ0) is 17.6. The van der Waals surface area contributed by atoms with Crippen molar-refractivity contribution in [2.24, 2.45) is 0 Å². The van der Waals surface area contributed by atoms with Gasteiger partial charge in [0.15, 0.2) is 23.9 Å². The number of ketones is 1. The number of fused-ring (bicyclic) bond motifs is 1. The molecule has 0 bridgehead atoms. The van der Waals surface area contributed by atoms with Crippen molar-refractivity contribution in [1.82, 2.24) is 4.98 Å². The van der Waals surface area contributed by atoms with Gasteiger partial charge in [-0.1, -0.05) is 30.3 Å². The zero-order valence-electron chi connectivity index (χ0n) is 13.7. The van der Waals surface area contributed by atoms with Gasteiger partial charge in [0.2, 0.25) is 0 Å². The van der Waals surface area contributed by atoms with Gasteiger partial charge in [0, 0.05) is 22.7 Å². The lowest BCUT2D eigenvalue weighted by atomic mass is 10.1. The molecule has 0 atom stereocenters. The second kappa shape index (κ2) is 7.37. The topological polar surface area (TPSA) is 75.1 Å². The quantitative estimate of drug-likeness (QED) is 0.547. The van der Waals surface area contributed by atoms with Crippen LogP contribution in [-0.2, 0) is 0 Å². The first kappa shape index (κ1) is 16.3. The third-order valence-electron chi connectivity index (χ3n) is 3.76. The first-order chi connectivity index (χ1) is 12.2. The molecule has 0 saturated heterocycles. The van der Waals surface area contributed by atoms with E-state index in [1.54, 1.807) is 30.5 Å². The summed E-state index contributed by atoms with van der Waals surface area (Å²) in [6, 6.07) is 14.9. The number of H-pyrrole nitrogens is 1. The van der Waals surface area contributed by atoms with E-state index in [0.29, 0.717) is 17.1 Å². The lowest BCUT2D eigenvalue weighted by molar-refractivity contribution is 0.104. The number of carbonyl (C=O) groups is 1. The van der Waals surface area contributed by atoms with Gasteiger partial charge in [-0.15, -0.1) is 0 Å².